The maximum atomic E-state index is 11.2. The van der Waals surface area contributed by atoms with Gasteiger partial charge in [0.1, 0.15) is 0 Å². The van der Waals surface area contributed by atoms with Gasteiger partial charge < -0.3 is 9.47 Å². The molecule has 0 radical (unpaired) electrons. The van der Waals surface area contributed by atoms with Gasteiger partial charge in [0, 0.05) is 12.4 Å². The van der Waals surface area contributed by atoms with Crippen LogP contribution in [0.3, 0.4) is 0 Å². The van der Waals surface area contributed by atoms with E-state index in [-0.39, 0.29) is 0 Å². The molecule has 0 unspecified atom stereocenters. The summed E-state index contributed by atoms with van der Waals surface area (Å²) in [7, 11) is 1.34. The second kappa shape index (κ2) is 6.61. The van der Waals surface area contributed by atoms with E-state index in [9.17, 15) is 4.79 Å². The number of aromatic nitrogens is 2. The zero-order valence-corrected chi connectivity index (χ0v) is 10.6. The molecule has 0 aliphatic carbocycles. The minimum absolute atomic E-state index is 0.373. The number of hydrogen-bond acceptors (Lipinski definition) is 5. The second-order valence-electron chi connectivity index (χ2n) is 3.84. The summed E-state index contributed by atoms with van der Waals surface area (Å²) < 4.78 is 10.1. The number of hydrogen-bond donors (Lipinski definition) is 0. The Morgan fingerprint density at radius 2 is 1.89 bits per heavy atom. The summed E-state index contributed by atoms with van der Waals surface area (Å²) in [5, 5.41) is 0. The fourth-order valence-corrected chi connectivity index (χ4v) is 1.49. The summed E-state index contributed by atoms with van der Waals surface area (Å²) in [5.41, 5.74) is 2.05. The van der Waals surface area contributed by atoms with Gasteiger partial charge in [-0.15, -0.1) is 0 Å². The number of carbonyl (C=O) groups excluding carboxylic acids is 1. The first kappa shape index (κ1) is 13.2. The standard InChI is InChI=1S/C14H14N2O3/c1-18-14(17)11-5-6-13(16-8-11)10-19-9-12-4-2-3-7-15-12/h2-8H,9-10H2,1H3. The van der Waals surface area contributed by atoms with Gasteiger partial charge in [-0.05, 0) is 24.3 Å². The van der Waals surface area contributed by atoms with Crippen LogP contribution in [0.2, 0.25) is 0 Å². The molecule has 5 heteroatoms. The predicted octanol–water partition coefficient (Wildman–Crippen LogP) is 1.98. The molecule has 0 atom stereocenters. The lowest BCUT2D eigenvalue weighted by Crippen LogP contribution is -2.03. The van der Waals surface area contributed by atoms with E-state index in [1.165, 1.54) is 13.3 Å². The van der Waals surface area contributed by atoms with Crippen molar-refractivity contribution in [2.24, 2.45) is 0 Å². The van der Waals surface area contributed by atoms with Gasteiger partial charge in [0.05, 0.1) is 37.3 Å². The number of carbonyl (C=O) groups is 1. The van der Waals surface area contributed by atoms with Gasteiger partial charge in [0.15, 0.2) is 0 Å². The van der Waals surface area contributed by atoms with Gasteiger partial charge in [0.2, 0.25) is 0 Å². The lowest BCUT2D eigenvalue weighted by molar-refractivity contribution is 0.0600. The van der Waals surface area contributed by atoms with Gasteiger partial charge >= 0.3 is 5.97 Å². The molecule has 0 spiro atoms. The number of ether oxygens (including phenoxy) is 2. The smallest absolute Gasteiger partial charge is 0.339 e. The van der Waals surface area contributed by atoms with E-state index in [0.29, 0.717) is 18.8 Å². The molecule has 0 N–H and O–H groups in total. The van der Waals surface area contributed by atoms with Crippen molar-refractivity contribution < 1.29 is 14.3 Å². The quantitative estimate of drug-likeness (QED) is 0.767. The van der Waals surface area contributed by atoms with Gasteiger partial charge in [-0.2, -0.15) is 0 Å². The molecule has 98 valence electrons. The molecule has 2 aromatic heterocycles. The Balaban J connectivity index is 1.85. The van der Waals surface area contributed by atoms with Gasteiger partial charge in [-0.1, -0.05) is 6.07 Å². The third kappa shape index (κ3) is 3.86. The minimum Gasteiger partial charge on any atom is -0.465 e. The highest BCUT2D eigenvalue weighted by molar-refractivity contribution is 5.88. The summed E-state index contributed by atoms with van der Waals surface area (Å²) >= 11 is 0. The number of esters is 1. The molecule has 0 saturated carbocycles. The van der Waals surface area contributed by atoms with Crippen molar-refractivity contribution >= 4 is 5.97 Å². The highest BCUT2D eigenvalue weighted by Crippen LogP contribution is 2.05. The largest absolute Gasteiger partial charge is 0.465 e. The van der Waals surface area contributed by atoms with Gasteiger partial charge in [-0.3, -0.25) is 9.97 Å². The molecule has 5 nitrogen and oxygen atoms in total. The lowest BCUT2D eigenvalue weighted by Gasteiger charge is -2.04. The zero-order valence-electron chi connectivity index (χ0n) is 10.6. The van der Waals surface area contributed by atoms with E-state index < -0.39 is 5.97 Å². The molecule has 0 fully saturated rings. The summed E-state index contributed by atoms with van der Waals surface area (Å²) in [5.74, 6) is -0.395. The van der Waals surface area contributed by atoms with E-state index in [1.807, 2.05) is 18.2 Å². The number of nitrogens with zero attached hydrogens (tertiary/aromatic N) is 2. The van der Waals surface area contributed by atoms with Crippen molar-refractivity contribution in [2.75, 3.05) is 7.11 Å². The monoisotopic (exact) mass is 258 g/mol. The number of pyridine rings is 2. The molecule has 19 heavy (non-hydrogen) atoms. The molecule has 2 aromatic rings. The van der Waals surface area contributed by atoms with Crippen LogP contribution in [-0.4, -0.2) is 23.0 Å². The number of rotatable bonds is 5. The third-order valence-corrected chi connectivity index (χ3v) is 2.47. The first-order chi connectivity index (χ1) is 9.29. The van der Waals surface area contributed by atoms with Crippen LogP contribution in [-0.2, 0) is 22.7 Å². The third-order valence-electron chi connectivity index (χ3n) is 2.47. The average molecular weight is 258 g/mol. The van der Waals surface area contributed by atoms with Crippen molar-refractivity contribution in [3.05, 3.63) is 59.7 Å². The van der Waals surface area contributed by atoms with Crippen LogP contribution in [0, 0.1) is 0 Å². The summed E-state index contributed by atoms with van der Waals surface area (Å²) in [4.78, 5) is 19.5. The summed E-state index contributed by atoms with van der Waals surface area (Å²) in [6, 6.07) is 9.07. The SMILES string of the molecule is COC(=O)c1ccc(COCc2ccccn2)nc1. The van der Waals surface area contributed by atoms with Crippen molar-refractivity contribution in [3.8, 4) is 0 Å². The van der Waals surface area contributed by atoms with E-state index in [4.69, 9.17) is 4.74 Å². The Hall–Kier alpha value is -2.27. The molecule has 0 aliphatic rings. The first-order valence-corrected chi connectivity index (χ1v) is 5.80. The second-order valence-corrected chi connectivity index (χ2v) is 3.84. The molecular weight excluding hydrogens is 244 g/mol. The Morgan fingerprint density at radius 3 is 2.47 bits per heavy atom. The van der Waals surface area contributed by atoms with E-state index in [1.54, 1.807) is 18.3 Å². The Labute approximate surface area is 111 Å². The van der Waals surface area contributed by atoms with E-state index in [2.05, 4.69) is 14.7 Å². The van der Waals surface area contributed by atoms with Crippen molar-refractivity contribution in [3.63, 3.8) is 0 Å². The average Bonchev–Trinajstić information content (AvgIpc) is 2.48. The normalized spacial score (nSPS) is 10.2. The lowest BCUT2D eigenvalue weighted by atomic mass is 10.2. The van der Waals surface area contributed by atoms with Crippen LogP contribution in [0.4, 0.5) is 0 Å². The molecule has 0 aromatic carbocycles. The van der Waals surface area contributed by atoms with Crippen LogP contribution in [0.25, 0.3) is 0 Å². The minimum atomic E-state index is -0.395. The van der Waals surface area contributed by atoms with Crippen LogP contribution < -0.4 is 0 Å². The predicted molar refractivity (Wildman–Crippen MR) is 68.3 cm³/mol. The van der Waals surface area contributed by atoms with Crippen LogP contribution >= 0.6 is 0 Å². The molecule has 0 amide bonds. The number of methoxy groups -OCH3 is 1. The molecule has 0 aliphatic heterocycles. The first-order valence-electron chi connectivity index (χ1n) is 5.80. The molecule has 0 bridgehead atoms. The van der Waals surface area contributed by atoms with Crippen LogP contribution in [0.15, 0.2) is 42.7 Å². The fourth-order valence-electron chi connectivity index (χ4n) is 1.49. The van der Waals surface area contributed by atoms with Crippen LogP contribution in [0.5, 0.6) is 0 Å². The topological polar surface area (TPSA) is 61.3 Å². The maximum absolute atomic E-state index is 11.2. The van der Waals surface area contributed by atoms with E-state index in [0.717, 1.165) is 11.4 Å². The van der Waals surface area contributed by atoms with Crippen molar-refractivity contribution in [2.45, 2.75) is 13.2 Å². The Bertz CT molecular complexity index is 526. The zero-order chi connectivity index (χ0) is 13.5. The Morgan fingerprint density at radius 1 is 1.11 bits per heavy atom. The maximum Gasteiger partial charge on any atom is 0.339 e. The van der Waals surface area contributed by atoms with Gasteiger partial charge in [0.25, 0.3) is 0 Å². The summed E-state index contributed by atoms with van der Waals surface area (Å²) in [6.45, 7) is 0.805. The van der Waals surface area contributed by atoms with Crippen molar-refractivity contribution in [1.29, 1.82) is 0 Å². The molecule has 2 heterocycles. The molecular formula is C14H14N2O3. The molecule has 0 saturated heterocycles. The Kier molecular flexibility index (Phi) is 4.58. The van der Waals surface area contributed by atoms with E-state index >= 15 is 0 Å². The highest BCUT2D eigenvalue weighted by atomic mass is 16.5. The highest BCUT2D eigenvalue weighted by Gasteiger charge is 2.05. The fraction of sp³-hybridized carbons (Fsp3) is 0.214. The van der Waals surface area contributed by atoms with Crippen molar-refractivity contribution in [1.82, 2.24) is 9.97 Å². The van der Waals surface area contributed by atoms with Crippen LogP contribution in [0.1, 0.15) is 21.7 Å². The van der Waals surface area contributed by atoms with Gasteiger partial charge in [-0.25, -0.2) is 4.79 Å². The summed E-state index contributed by atoms with van der Waals surface area (Å²) in [6.07, 6.45) is 3.20. The molecule has 2 rings (SSSR count).